The highest BCUT2D eigenvalue weighted by Crippen LogP contribution is 2.37. The van der Waals surface area contributed by atoms with E-state index in [2.05, 4.69) is 24.2 Å². The standard InChI is InChI=1S/C21H29NO3S/c1-4-9-17(22-25-5-2)20-18(23)12-16(13-19(20)24)21(26)14(3)15-10-7-6-8-11-15/h6-8,10-11,14,16,21,23,26H,4-5,9,12-13H2,1-3H3/b22-17+. The lowest BCUT2D eigenvalue weighted by molar-refractivity contribution is -0.116. The van der Waals surface area contributed by atoms with Crippen molar-refractivity contribution in [1.29, 1.82) is 0 Å². The number of aliphatic hydroxyl groups excluding tert-OH is 1. The van der Waals surface area contributed by atoms with E-state index in [0.717, 1.165) is 6.42 Å². The maximum Gasteiger partial charge on any atom is 0.168 e. The molecule has 26 heavy (non-hydrogen) atoms. The fourth-order valence-corrected chi connectivity index (χ4v) is 3.83. The SMILES string of the molecule is CCC/C(=N\OCC)C1=C(O)CC(C(S)C(C)c2ccccc2)CC1=O. The Balaban J connectivity index is 2.20. The highest BCUT2D eigenvalue weighted by molar-refractivity contribution is 7.81. The number of carbonyl (C=O) groups is 1. The van der Waals surface area contributed by atoms with Gasteiger partial charge in [0.15, 0.2) is 5.78 Å². The van der Waals surface area contributed by atoms with E-state index in [0.29, 0.717) is 37.2 Å². The molecule has 3 unspecified atom stereocenters. The second-order valence-corrected chi connectivity index (χ2v) is 7.41. The van der Waals surface area contributed by atoms with E-state index in [-0.39, 0.29) is 28.6 Å². The third kappa shape index (κ3) is 4.91. The van der Waals surface area contributed by atoms with Crippen LogP contribution in [0.3, 0.4) is 0 Å². The molecule has 3 atom stereocenters. The van der Waals surface area contributed by atoms with Crippen LogP contribution in [0.25, 0.3) is 0 Å². The van der Waals surface area contributed by atoms with E-state index < -0.39 is 0 Å². The van der Waals surface area contributed by atoms with E-state index >= 15 is 0 Å². The fourth-order valence-electron chi connectivity index (χ4n) is 3.45. The third-order valence-electron chi connectivity index (χ3n) is 4.87. The number of benzene rings is 1. The van der Waals surface area contributed by atoms with Gasteiger partial charge in [0, 0.05) is 18.1 Å². The molecule has 0 bridgehead atoms. The van der Waals surface area contributed by atoms with Gasteiger partial charge in [-0.15, -0.1) is 0 Å². The molecule has 0 radical (unpaired) electrons. The Hall–Kier alpha value is -1.75. The first kappa shape index (κ1) is 20.6. The zero-order valence-corrected chi connectivity index (χ0v) is 16.7. The lowest BCUT2D eigenvalue weighted by Crippen LogP contribution is -2.31. The zero-order valence-electron chi connectivity index (χ0n) is 15.8. The Kier molecular flexibility index (Phi) is 7.76. The van der Waals surface area contributed by atoms with Crippen LogP contribution in [0.1, 0.15) is 57.9 Å². The Morgan fingerprint density at radius 2 is 2.00 bits per heavy atom. The van der Waals surface area contributed by atoms with Gasteiger partial charge in [-0.2, -0.15) is 12.6 Å². The minimum Gasteiger partial charge on any atom is -0.511 e. The van der Waals surface area contributed by atoms with Crippen molar-refractivity contribution in [3.63, 3.8) is 0 Å². The molecule has 1 aromatic rings. The summed E-state index contributed by atoms with van der Waals surface area (Å²) in [6, 6.07) is 10.2. The van der Waals surface area contributed by atoms with E-state index in [9.17, 15) is 9.90 Å². The summed E-state index contributed by atoms with van der Waals surface area (Å²) in [5.74, 6) is 0.251. The van der Waals surface area contributed by atoms with Gasteiger partial charge in [0.25, 0.3) is 0 Å². The summed E-state index contributed by atoms with van der Waals surface area (Å²) in [6.07, 6.45) is 2.26. The van der Waals surface area contributed by atoms with Crippen molar-refractivity contribution in [3.8, 4) is 0 Å². The fraction of sp³-hybridized carbons (Fsp3) is 0.524. The zero-order chi connectivity index (χ0) is 19.1. The van der Waals surface area contributed by atoms with Gasteiger partial charge in [-0.1, -0.05) is 55.8 Å². The molecule has 0 heterocycles. The second kappa shape index (κ2) is 9.81. The van der Waals surface area contributed by atoms with E-state index in [1.165, 1.54) is 5.56 Å². The van der Waals surface area contributed by atoms with Gasteiger partial charge in [-0.05, 0) is 30.7 Å². The molecule has 0 saturated heterocycles. The summed E-state index contributed by atoms with van der Waals surface area (Å²) >= 11 is 4.80. The molecule has 2 rings (SSSR count). The molecule has 1 aliphatic carbocycles. The number of ketones is 1. The minimum absolute atomic E-state index is 0.000223. The average Bonchev–Trinajstić information content (AvgIpc) is 2.64. The molecule has 1 aromatic carbocycles. The number of rotatable bonds is 8. The van der Waals surface area contributed by atoms with Gasteiger partial charge >= 0.3 is 0 Å². The van der Waals surface area contributed by atoms with Crippen molar-refractivity contribution in [3.05, 3.63) is 47.2 Å². The smallest absolute Gasteiger partial charge is 0.168 e. The molecule has 0 aromatic heterocycles. The number of oxime groups is 1. The van der Waals surface area contributed by atoms with Crippen molar-refractivity contribution in [2.45, 2.75) is 57.6 Å². The van der Waals surface area contributed by atoms with Crippen LogP contribution in [0.2, 0.25) is 0 Å². The molecule has 5 heteroatoms. The first-order valence-corrected chi connectivity index (χ1v) is 9.88. The predicted molar refractivity (Wildman–Crippen MR) is 109 cm³/mol. The highest BCUT2D eigenvalue weighted by atomic mass is 32.1. The summed E-state index contributed by atoms with van der Waals surface area (Å²) in [6.45, 7) is 6.41. The second-order valence-electron chi connectivity index (χ2n) is 6.81. The maximum absolute atomic E-state index is 12.8. The molecule has 0 fully saturated rings. The third-order valence-corrected chi connectivity index (χ3v) is 5.74. The van der Waals surface area contributed by atoms with Gasteiger partial charge in [-0.25, -0.2) is 0 Å². The summed E-state index contributed by atoms with van der Waals surface area (Å²) in [7, 11) is 0. The molecule has 0 aliphatic heterocycles. The van der Waals surface area contributed by atoms with Crippen LogP contribution in [0.5, 0.6) is 0 Å². The number of aliphatic hydroxyl groups is 1. The topological polar surface area (TPSA) is 58.9 Å². The number of thiol groups is 1. The minimum atomic E-state index is -0.0648. The van der Waals surface area contributed by atoms with Crippen LogP contribution in [0.15, 0.2) is 46.8 Å². The number of hydrogen-bond donors (Lipinski definition) is 2. The van der Waals surface area contributed by atoms with Crippen LogP contribution >= 0.6 is 12.6 Å². The van der Waals surface area contributed by atoms with Crippen LogP contribution < -0.4 is 0 Å². The van der Waals surface area contributed by atoms with Crippen molar-refractivity contribution in [1.82, 2.24) is 0 Å². The molecule has 1 N–H and O–H groups in total. The first-order valence-electron chi connectivity index (χ1n) is 9.37. The van der Waals surface area contributed by atoms with Crippen LogP contribution in [0, 0.1) is 5.92 Å². The van der Waals surface area contributed by atoms with Gasteiger partial charge in [0.05, 0.1) is 11.3 Å². The van der Waals surface area contributed by atoms with E-state index in [1.54, 1.807) is 0 Å². The Morgan fingerprint density at radius 1 is 1.31 bits per heavy atom. The lowest BCUT2D eigenvalue weighted by atomic mass is 9.78. The van der Waals surface area contributed by atoms with Gasteiger partial charge in [0.1, 0.15) is 12.4 Å². The summed E-state index contributed by atoms with van der Waals surface area (Å²) in [5, 5.41) is 14.7. The highest BCUT2D eigenvalue weighted by Gasteiger charge is 2.35. The van der Waals surface area contributed by atoms with Gasteiger partial charge < -0.3 is 9.94 Å². The number of nitrogens with zero attached hydrogens (tertiary/aromatic N) is 1. The number of hydrogen-bond acceptors (Lipinski definition) is 5. The number of carbonyl (C=O) groups excluding carboxylic acids is 1. The molecule has 0 saturated carbocycles. The molecule has 0 amide bonds. The van der Waals surface area contributed by atoms with Crippen molar-refractivity contribution >= 4 is 24.1 Å². The van der Waals surface area contributed by atoms with Crippen molar-refractivity contribution < 1.29 is 14.7 Å². The predicted octanol–water partition coefficient (Wildman–Crippen LogP) is 5.07. The monoisotopic (exact) mass is 375 g/mol. The Morgan fingerprint density at radius 3 is 2.58 bits per heavy atom. The molecular weight excluding hydrogens is 346 g/mol. The quantitative estimate of drug-likeness (QED) is 0.379. The molecule has 1 aliphatic rings. The lowest BCUT2D eigenvalue weighted by Gasteiger charge is -2.31. The van der Waals surface area contributed by atoms with Gasteiger partial charge in [-0.3, -0.25) is 4.79 Å². The average molecular weight is 376 g/mol. The molecule has 4 nitrogen and oxygen atoms in total. The number of allylic oxidation sites excluding steroid dienone is 2. The van der Waals surface area contributed by atoms with Crippen LogP contribution in [0.4, 0.5) is 0 Å². The van der Waals surface area contributed by atoms with Crippen LogP contribution in [-0.2, 0) is 9.63 Å². The normalized spacial score (nSPS) is 20.8. The summed E-state index contributed by atoms with van der Waals surface area (Å²) in [5.41, 5.74) is 2.10. The first-order chi connectivity index (χ1) is 12.5. The molecule has 0 spiro atoms. The molecule has 142 valence electrons. The van der Waals surface area contributed by atoms with Crippen molar-refractivity contribution in [2.24, 2.45) is 11.1 Å². The van der Waals surface area contributed by atoms with E-state index in [4.69, 9.17) is 17.5 Å². The summed E-state index contributed by atoms with van der Waals surface area (Å²) < 4.78 is 0. The summed E-state index contributed by atoms with van der Waals surface area (Å²) in [4.78, 5) is 17.9. The van der Waals surface area contributed by atoms with Gasteiger partial charge in [0.2, 0.25) is 0 Å². The Bertz CT molecular complexity index is 669. The van der Waals surface area contributed by atoms with Crippen LogP contribution in [-0.4, -0.2) is 28.5 Å². The Labute approximate surface area is 161 Å². The van der Waals surface area contributed by atoms with Crippen molar-refractivity contribution in [2.75, 3.05) is 6.61 Å². The maximum atomic E-state index is 12.8. The largest absolute Gasteiger partial charge is 0.511 e. The van der Waals surface area contributed by atoms with E-state index in [1.807, 2.05) is 32.0 Å². The molecular formula is C21H29NO3S. The number of Topliss-reactive ketones (excluding diaryl/α,β-unsaturated/α-hetero) is 1.